The smallest absolute Gasteiger partial charge is 0.285 e. The van der Waals surface area contributed by atoms with Crippen LogP contribution in [0, 0.1) is 28.4 Å². The van der Waals surface area contributed by atoms with Gasteiger partial charge in [0.2, 0.25) is 5.82 Å². The van der Waals surface area contributed by atoms with E-state index in [1.165, 1.54) is 23.0 Å². The van der Waals surface area contributed by atoms with Crippen molar-refractivity contribution in [1.82, 2.24) is 9.55 Å². The molecule has 0 atom stereocenters. The van der Waals surface area contributed by atoms with Crippen molar-refractivity contribution in [2.24, 2.45) is 0 Å². The molecule has 2 aromatic rings. The highest BCUT2D eigenvalue weighted by Crippen LogP contribution is 2.24. The zero-order chi connectivity index (χ0) is 12.4. The Morgan fingerprint density at radius 2 is 2.29 bits per heavy atom. The Bertz CT molecular complexity index is 625. The first-order valence-corrected chi connectivity index (χ1v) is 4.82. The van der Waals surface area contributed by atoms with Gasteiger partial charge in [0.1, 0.15) is 11.8 Å². The average Bonchev–Trinajstić information content (AvgIpc) is 2.76. The molecule has 1 heterocycles. The molecule has 0 fully saturated rings. The monoisotopic (exact) mass is 228 g/mol. The van der Waals surface area contributed by atoms with Gasteiger partial charge in [0.15, 0.2) is 0 Å². The van der Waals surface area contributed by atoms with Crippen molar-refractivity contribution >= 4 is 5.69 Å². The van der Waals surface area contributed by atoms with E-state index in [4.69, 9.17) is 5.26 Å². The highest BCUT2D eigenvalue weighted by atomic mass is 16.6. The summed E-state index contributed by atoms with van der Waals surface area (Å²) in [5.74, 6) is 0.122. The van der Waals surface area contributed by atoms with Crippen LogP contribution >= 0.6 is 0 Å². The first-order chi connectivity index (χ1) is 8.13. The minimum atomic E-state index is -0.469. The molecule has 0 bridgehead atoms. The van der Waals surface area contributed by atoms with Gasteiger partial charge in [-0.25, -0.2) is 4.98 Å². The summed E-state index contributed by atoms with van der Waals surface area (Å²) in [6.07, 6.45) is 2.96. The van der Waals surface area contributed by atoms with Crippen LogP contribution in [0.15, 0.2) is 30.6 Å². The first-order valence-electron chi connectivity index (χ1n) is 4.82. The second-order valence-corrected chi connectivity index (χ2v) is 3.48. The van der Waals surface area contributed by atoms with Gasteiger partial charge in [0.05, 0.1) is 4.92 Å². The van der Waals surface area contributed by atoms with Crippen molar-refractivity contribution in [2.75, 3.05) is 0 Å². The minimum absolute atomic E-state index is 0.0421. The van der Waals surface area contributed by atoms with Crippen LogP contribution in [-0.4, -0.2) is 14.5 Å². The lowest BCUT2D eigenvalue weighted by molar-refractivity contribution is -0.384. The molecule has 1 aromatic carbocycles. The summed E-state index contributed by atoms with van der Waals surface area (Å²) in [7, 11) is 0. The van der Waals surface area contributed by atoms with Gasteiger partial charge in [-0.05, 0) is 18.6 Å². The summed E-state index contributed by atoms with van der Waals surface area (Å²) in [5, 5.41) is 19.8. The Morgan fingerprint density at radius 3 is 2.94 bits per heavy atom. The van der Waals surface area contributed by atoms with Gasteiger partial charge < -0.3 is 0 Å². The molecule has 0 aliphatic carbocycles. The predicted octanol–water partition coefficient (Wildman–Crippen LogP) is 1.96. The van der Waals surface area contributed by atoms with E-state index in [-0.39, 0.29) is 11.5 Å². The summed E-state index contributed by atoms with van der Waals surface area (Å²) < 4.78 is 1.40. The Kier molecular flexibility index (Phi) is 2.58. The van der Waals surface area contributed by atoms with E-state index in [0.29, 0.717) is 5.69 Å². The summed E-state index contributed by atoms with van der Waals surface area (Å²) in [5.41, 5.74) is 1.09. The lowest BCUT2D eigenvalue weighted by Gasteiger charge is -2.05. The fourth-order valence-corrected chi connectivity index (χ4v) is 1.56. The molecule has 0 saturated heterocycles. The van der Waals surface area contributed by atoms with E-state index in [1.54, 1.807) is 19.1 Å². The molecule has 17 heavy (non-hydrogen) atoms. The van der Waals surface area contributed by atoms with Crippen molar-refractivity contribution in [3.63, 3.8) is 0 Å². The number of rotatable bonds is 2. The molecule has 6 nitrogen and oxygen atoms in total. The van der Waals surface area contributed by atoms with E-state index in [2.05, 4.69) is 4.98 Å². The topological polar surface area (TPSA) is 84.8 Å². The normalized spacial score (nSPS) is 9.88. The van der Waals surface area contributed by atoms with Crippen molar-refractivity contribution in [3.8, 4) is 11.8 Å². The first kappa shape index (κ1) is 10.8. The molecule has 0 saturated carbocycles. The summed E-state index contributed by atoms with van der Waals surface area (Å²) in [4.78, 5) is 14.3. The third kappa shape index (κ3) is 1.86. The number of aromatic nitrogens is 2. The van der Waals surface area contributed by atoms with Crippen molar-refractivity contribution in [2.45, 2.75) is 6.92 Å². The van der Waals surface area contributed by atoms with Crippen LogP contribution in [0.4, 0.5) is 5.69 Å². The number of imidazole rings is 1. The number of hydrogen-bond acceptors (Lipinski definition) is 4. The van der Waals surface area contributed by atoms with Gasteiger partial charge in [-0.2, -0.15) is 5.26 Å². The summed E-state index contributed by atoms with van der Waals surface area (Å²) in [6, 6.07) is 6.71. The van der Waals surface area contributed by atoms with E-state index in [0.717, 1.165) is 5.56 Å². The maximum atomic E-state index is 11.0. The molecule has 0 aliphatic heterocycles. The van der Waals surface area contributed by atoms with Crippen LogP contribution < -0.4 is 0 Å². The minimum Gasteiger partial charge on any atom is -0.285 e. The van der Waals surface area contributed by atoms with Gasteiger partial charge in [-0.15, -0.1) is 0 Å². The zero-order valence-electron chi connectivity index (χ0n) is 8.99. The van der Waals surface area contributed by atoms with Crippen LogP contribution in [0.25, 0.3) is 5.69 Å². The summed E-state index contributed by atoms with van der Waals surface area (Å²) in [6.45, 7) is 1.77. The van der Waals surface area contributed by atoms with Gasteiger partial charge in [-0.3, -0.25) is 14.7 Å². The molecule has 1 aromatic heterocycles. The maximum Gasteiger partial charge on any atom is 0.293 e. The van der Waals surface area contributed by atoms with Crippen LogP contribution in [0.3, 0.4) is 0 Å². The number of nitro benzene ring substituents is 1. The highest BCUT2D eigenvalue weighted by Gasteiger charge is 2.17. The number of benzene rings is 1. The molecule has 0 unspecified atom stereocenters. The molecule has 2 rings (SSSR count). The molecule has 0 radical (unpaired) electrons. The second kappa shape index (κ2) is 4.06. The third-order valence-electron chi connectivity index (χ3n) is 2.33. The maximum absolute atomic E-state index is 11.0. The molecule has 6 heteroatoms. The van der Waals surface area contributed by atoms with Gasteiger partial charge in [-0.1, -0.05) is 6.07 Å². The Morgan fingerprint density at radius 1 is 1.53 bits per heavy atom. The van der Waals surface area contributed by atoms with Crippen LogP contribution in [-0.2, 0) is 0 Å². The Labute approximate surface area is 96.9 Å². The number of nitro groups is 1. The molecular formula is C11H8N4O2. The standard InChI is InChI=1S/C11H8N4O2/c1-8-2-3-9(10(6-8)15(16)17)14-5-4-13-11(14)7-12/h2-6H,1H3. The van der Waals surface area contributed by atoms with Crippen molar-refractivity contribution in [3.05, 3.63) is 52.1 Å². The second-order valence-electron chi connectivity index (χ2n) is 3.48. The van der Waals surface area contributed by atoms with Gasteiger partial charge in [0, 0.05) is 18.5 Å². The molecule has 0 aliphatic rings. The summed E-state index contributed by atoms with van der Waals surface area (Å²) >= 11 is 0. The average molecular weight is 228 g/mol. The third-order valence-corrected chi connectivity index (χ3v) is 2.33. The fourth-order valence-electron chi connectivity index (χ4n) is 1.56. The largest absolute Gasteiger partial charge is 0.293 e. The Hall–Kier alpha value is -2.68. The molecule has 0 spiro atoms. The van der Waals surface area contributed by atoms with Crippen LogP contribution in [0.2, 0.25) is 0 Å². The van der Waals surface area contributed by atoms with Crippen LogP contribution in [0.5, 0.6) is 0 Å². The van der Waals surface area contributed by atoms with Crippen molar-refractivity contribution < 1.29 is 4.92 Å². The number of aryl methyl sites for hydroxylation is 1. The molecule has 0 N–H and O–H groups in total. The molecule has 84 valence electrons. The highest BCUT2D eigenvalue weighted by molar-refractivity contribution is 5.55. The number of nitriles is 1. The van der Waals surface area contributed by atoms with Gasteiger partial charge in [0.25, 0.3) is 5.69 Å². The predicted molar refractivity (Wildman–Crippen MR) is 59.7 cm³/mol. The van der Waals surface area contributed by atoms with Gasteiger partial charge >= 0.3 is 0 Å². The molecule has 0 amide bonds. The molecular weight excluding hydrogens is 220 g/mol. The fraction of sp³-hybridized carbons (Fsp3) is 0.0909. The Balaban J connectivity index is 2.68. The lowest BCUT2D eigenvalue weighted by atomic mass is 10.2. The SMILES string of the molecule is Cc1ccc(-n2ccnc2C#N)c([N+](=O)[O-])c1. The van der Waals surface area contributed by atoms with E-state index < -0.39 is 4.92 Å². The van der Waals surface area contributed by atoms with E-state index in [1.807, 2.05) is 6.07 Å². The lowest BCUT2D eigenvalue weighted by Crippen LogP contribution is -2.02. The van der Waals surface area contributed by atoms with E-state index >= 15 is 0 Å². The van der Waals surface area contributed by atoms with E-state index in [9.17, 15) is 10.1 Å². The number of hydrogen-bond donors (Lipinski definition) is 0. The zero-order valence-corrected chi connectivity index (χ0v) is 8.99. The van der Waals surface area contributed by atoms with Crippen LogP contribution in [0.1, 0.15) is 11.4 Å². The number of nitrogens with zero attached hydrogens (tertiary/aromatic N) is 4. The quantitative estimate of drug-likeness (QED) is 0.580. The van der Waals surface area contributed by atoms with Crippen molar-refractivity contribution in [1.29, 1.82) is 5.26 Å².